The highest BCUT2D eigenvalue weighted by atomic mass is 32.1. The minimum absolute atomic E-state index is 0.514. The van der Waals surface area contributed by atoms with Crippen molar-refractivity contribution >= 4 is 17.1 Å². The molecule has 3 atom stereocenters. The molecule has 18 heavy (non-hydrogen) atoms. The van der Waals surface area contributed by atoms with E-state index in [-0.39, 0.29) is 0 Å². The average Bonchev–Trinajstić information content (AvgIpc) is 2.97. The molecule has 0 heterocycles. The summed E-state index contributed by atoms with van der Waals surface area (Å²) in [5, 5.41) is 0. The molecule has 1 saturated carbocycles. The van der Waals surface area contributed by atoms with Crippen LogP contribution in [0.15, 0.2) is 23.3 Å². The topological polar surface area (TPSA) is 0 Å². The molecule has 2 aliphatic carbocycles. The molecule has 2 aliphatic rings. The Kier molecular flexibility index (Phi) is 3.82. The van der Waals surface area contributed by atoms with E-state index in [2.05, 4.69) is 46.8 Å². The highest BCUT2D eigenvalue weighted by molar-refractivity contribution is 7.80. The summed E-state index contributed by atoms with van der Waals surface area (Å²) in [6.07, 6.45) is 8.34. The van der Waals surface area contributed by atoms with Gasteiger partial charge in [0.2, 0.25) is 0 Å². The lowest BCUT2D eigenvalue weighted by molar-refractivity contribution is 0.504. The van der Waals surface area contributed by atoms with Crippen molar-refractivity contribution in [1.29, 1.82) is 0 Å². The van der Waals surface area contributed by atoms with Crippen molar-refractivity contribution in [3.8, 4) is 0 Å². The van der Waals surface area contributed by atoms with Gasteiger partial charge in [-0.2, -0.15) is 0 Å². The van der Waals surface area contributed by atoms with Crippen LogP contribution in [-0.2, 0) is 0 Å². The van der Waals surface area contributed by atoms with E-state index in [1.165, 1.54) is 35.3 Å². The normalized spacial score (nSPS) is 31.4. The number of hydrogen-bond donors (Lipinski definition) is 0. The third kappa shape index (κ3) is 2.47. The lowest BCUT2D eigenvalue weighted by Crippen LogP contribution is -2.19. The van der Waals surface area contributed by atoms with Crippen molar-refractivity contribution in [3.63, 3.8) is 0 Å². The van der Waals surface area contributed by atoms with Crippen LogP contribution in [0, 0.1) is 23.2 Å². The van der Waals surface area contributed by atoms with Crippen LogP contribution in [0.1, 0.15) is 53.9 Å². The van der Waals surface area contributed by atoms with Crippen molar-refractivity contribution in [1.82, 2.24) is 0 Å². The molecule has 0 saturated heterocycles. The highest BCUT2D eigenvalue weighted by Gasteiger charge is 2.49. The van der Waals surface area contributed by atoms with Gasteiger partial charge in [0.05, 0.1) is 0 Å². The summed E-state index contributed by atoms with van der Waals surface area (Å²) in [5.41, 5.74) is 3.41. The summed E-state index contributed by atoms with van der Waals surface area (Å²) in [7, 11) is 0. The van der Waals surface area contributed by atoms with Crippen molar-refractivity contribution in [2.24, 2.45) is 23.2 Å². The average molecular weight is 262 g/mol. The fourth-order valence-corrected chi connectivity index (χ4v) is 3.81. The number of allylic oxidation sites excluding steroid dienone is 4. The van der Waals surface area contributed by atoms with E-state index in [9.17, 15) is 0 Å². The van der Waals surface area contributed by atoms with Crippen LogP contribution in [0.4, 0.5) is 0 Å². The Labute approximate surface area is 118 Å². The van der Waals surface area contributed by atoms with Crippen LogP contribution >= 0.6 is 12.2 Å². The predicted octanol–water partition coefficient (Wildman–Crippen LogP) is 5.34. The molecule has 0 N–H and O–H groups in total. The van der Waals surface area contributed by atoms with Crippen molar-refractivity contribution in [2.45, 2.75) is 53.9 Å². The minimum Gasteiger partial charge on any atom is -0.0840 e. The maximum absolute atomic E-state index is 5.78. The van der Waals surface area contributed by atoms with E-state index in [1.807, 2.05) is 0 Å². The second kappa shape index (κ2) is 4.92. The second-order valence-corrected chi connectivity index (χ2v) is 7.23. The molecule has 1 heteroatoms. The number of hydrogen-bond acceptors (Lipinski definition) is 1. The number of thiocarbonyl (C=S) groups is 1. The van der Waals surface area contributed by atoms with Gasteiger partial charge < -0.3 is 0 Å². The Hall–Kier alpha value is -0.430. The molecule has 3 unspecified atom stereocenters. The summed E-state index contributed by atoms with van der Waals surface area (Å²) in [6.45, 7) is 11.6. The molecule has 1 fully saturated rings. The quantitative estimate of drug-likeness (QED) is 0.616. The van der Waals surface area contributed by atoms with Crippen molar-refractivity contribution in [2.75, 3.05) is 0 Å². The Morgan fingerprint density at radius 3 is 2.61 bits per heavy atom. The maximum Gasteiger partial charge on any atom is 0.0255 e. The van der Waals surface area contributed by atoms with Gasteiger partial charge in [-0.25, -0.2) is 0 Å². The largest absolute Gasteiger partial charge is 0.0840 e. The van der Waals surface area contributed by atoms with Gasteiger partial charge in [-0.15, -0.1) is 0 Å². The number of rotatable bonds is 4. The Morgan fingerprint density at radius 2 is 2.11 bits per heavy atom. The molecule has 0 spiro atoms. The summed E-state index contributed by atoms with van der Waals surface area (Å²) in [4.78, 5) is 1.21. The smallest absolute Gasteiger partial charge is 0.0255 e. The molecule has 0 amide bonds. The van der Waals surface area contributed by atoms with E-state index in [4.69, 9.17) is 12.2 Å². The van der Waals surface area contributed by atoms with Gasteiger partial charge in [0, 0.05) is 4.86 Å². The van der Waals surface area contributed by atoms with Crippen LogP contribution in [0.2, 0.25) is 0 Å². The van der Waals surface area contributed by atoms with Gasteiger partial charge in [-0.1, -0.05) is 57.6 Å². The molecule has 0 aliphatic heterocycles. The maximum atomic E-state index is 5.78. The van der Waals surface area contributed by atoms with Crippen molar-refractivity contribution in [3.05, 3.63) is 23.3 Å². The first-order valence-electron chi connectivity index (χ1n) is 7.30. The molecule has 0 nitrogen and oxygen atoms in total. The predicted molar refractivity (Wildman–Crippen MR) is 83.9 cm³/mol. The first-order valence-corrected chi connectivity index (χ1v) is 7.70. The molecular formula is C17H26S. The summed E-state index contributed by atoms with van der Waals surface area (Å²) in [6, 6.07) is 0. The van der Waals surface area contributed by atoms with Crippen molar-refractivity contribution < 1.29 is 0 Å². The van der Waals surface area contributed by atoms with Gasteiger partial charge in [0.15, 0.2) is 0 Å². The first kappa shape index (κ1) is 14.0. The standard InChI is InChI=1S/C17H26S/c1-6-13-8-7-9-14(11(13)2)16(18)12(3)15-10-17(15,4)5/h7,9,12-13,15H,6,8,10H2,1-5H3. The van der Waals surface area contributed by atoms with E-state index >= 15 is 0 Å². The van der Waals surface area contributed by atoms with Crippen LogP contribution in [0.25, 0.3) is 0 Å². The minimum atomic E-state index is 0.514. The molecule has 0 aromatic rings. The molecule has 0 bridgehead atoms. The van der Waals surface area contributed by atoms with Gasteiger partial charge in [-0.05, 0) is 54.9 Å². The van der Waals surface area contributed by atoms with E-state index in [1.54, 1.807) is 0 Å². The summed E-state index contributed by atoms with van der Waals surface area (Å²) in [5.74, 6) is 2.06. The zero-order chi connectivity index (χ0) is 13.5. The van der Waals surface area contributed by atoms with Gasteiger partial charge >= 0.3 is 0 Å². The zero-order valence-electron chi connectivity index (χ0n) is 12.4. The lowest BCUT2D eigenvalue weighted by Gasteiger charge is -2.25. The second-order valence-electron chi connectivity index (χ2n) is 6.79. The molecule has 0 aromatic heterocycles. The first-order chi connectivity index (χ1) is 8.38. The van der Waals surface area contributed by atoms with Crippen LogP contribution in [0.5, 0.6) is 0 Å². The fraction of sp³-hybridized carbons (Fsp3) is 0.706. The Morgan fingerprint density at radius 1 is 1.50 bits per heavy atom. The molecular weight excluding hydrogens is 236 g/mol. The van der Waals surface area contributed by atoms with Crippen LogP contribution in [-0.4, -0.2) is 4.86 Å². The van der Waals surface area contributed by atoms with Gasteiger partial charge in [0.25, 0.3) is 0 Å². The highest BCUT2D eigenvalue weighted by Crippen LogP contribution is 2.56. The van der Waals surface area contributed by atoms with Crippen LogP contribution < -0.4 is 0 Å². The lowest BCUT2D eigenvalue weighted by atomic mass is 9.81. The van der Waals surface area contributed by atoms with Gasteiger partial charge in [-0.3, -0.25) is 0 Å². The molecule has 2 rings (SSSR count). The SMILES string of the molecule is CCC1CC=CC(C(=S)C(C)C2CC2(C)C)=C1C. The molecule has 0 aromatic carbocycles. The summed E-state index contributed by atoms with van der Waals surface area (Å²) < 4.78 is 0. The third-order valence-electron chi connectivity index (χ3n) is 5.11. The van der Waals surface area contributed by atoms with Crippen LogP contribution in [0.3, 0.4) is 0 Å². The molecule has 100 valence electrons. The van der Waals surface area contributed by atoms with E-state index < -0.39 is 0 Å². The van der Waals surface area contributed by atoms with Gasteiger partial charge in [0.1, 0.15) is 0 Å². The molecule has 0 radical (unpaired) electrons. The third-order valence-corrected chi connectivity index (χ3v) is 5.70. The van der Waals surface area contributed by atoms with E-state index in [0.717, 1.165) is 5.92 Å². The Balaban J connectivity index is 2.16. The zero-order valence-corrected chi connectivity index (χ0v) is 13.2. The fourth-order valence-electron chi connectivity index (χ4n) is 3.42. The summed E-state index contributed by atoms with van der Waals surface area (Å²) >= 11 is 5.78. The monoisotopic (exact) mass is 262 g/mol. The van der Waals surface area contributed by atoms with E-state index in [0.29, 0.717) is 17.3 Å². The Bertz CT molecular complexity index is 411.